The van der Waals surface area contributed by atoms with Crippen LogP contribution in [0.2, 0.25) is 0 Å². The van der Waals surface area contributed by atoms with Gasteiger partial charge in [-0.05, 0) is 43.7 Å². The van der Waals surface area contributed by atoms with Gasteiger partial charge in [-0.1, -0.05) is 31.2 Å². The molecule has 0 fully saturated rings. The molecule has 20 heavy (non-hydrogen) atoms. The van der Waals surface area contributed by atoms with Crippen LogP contribution in [0.5, 0.6) is 0 Å². The van der Waals surface area contributed by atoms with Gasteiger partial charge in [-0.2, -0.15) is 0 Å². The Kier molecular flexibility index (Phi) is 3.43. The van der Waals surface area contributed by atoms with Gasteiger partial charge in [0.2, 0.25) is 0 Å². The van der Waals surface area contributed by atoms with Gasteiger partial charge >= 0.3 is 0 Å². The lowest BCUT2D eigenvalue weighted by Gasteiger charge is -2.24. The van der Waals surface area contributed by atoms with Gasteiger partial charge in [0.05, 0.1) is 0 Å². The normalized spacial score (nSPS) is 17.8. The lowest BCUT2D eigenvalue weighted by molar-refractivity contribution is 0.550. The molecule has 0 radical (unpaired) electrons. The van der Waals surface area contributed by atoms with E-state index in [1.54, 1.807) is 0 Å². The Morgan fingerprint density at radius 3 is 2.75 bits per heavy atom. The molecule has 0 saturated carbocycles. The number of nitrogens with zero attached hydrogens (tertiary/aromatic N) is 1. The van der Waals surface area contributed by atoms with Crippen molar-refractivity contribution in [3.05, 3.63) is 62.8 Å². The first kappa shape index (κ1) is 13.1. The van der Waals surface area contributed by atoms with Crippen molar-refractivity contribution < 1.29 is 0 Å². The first-order chi connectivity index (χ1) is 9.69. The molecule has 1 atom stereocenters. The van der Waals surface area contributed by atoms with Gasteiger partial charge in [0.25, 0.3) is 5.56 Å². The van der Waals surface area contributed by atoms with Crippen LogP contribution in [0.25, 0.3) is 0 Å². The minimum Gasteiger partial charge on any atom is -0.310 e. The summed E-state index contributed by atoms with van der Waals surface area (Å²) in [5.74, 6) is 1.20. The predicted molar refractivity (Wildman–Crippen MR) is 80.2 cm³/mol. The molecule has 0 spiro atoms. The van der Waals surface area contributed by atoms with Gasteiger partial charge < -0.3 is 4.98 Å². The topological polar surface area (TPSA) is 45.8 Å². The van der Waals surface area contributed by atoms with E-state index in [2.05, 4.69) is 34.2 Å². The third kappa shape index (κ3) is 2.28. The fourth-order valence-electron chi connectivity index (χ4n) is 3.17. The van der Waals surface area contributed by atoms with Crippen LogP contribution < -0.4 is 5.56 Å². The largest absolute Gasteiger partial charge is 0.310 e. The number of aromatic amines is 1. The molecule has 0 aliphatic heterocycles. The Morgan fingerprint density at radius 1 is 1.30 bits per heavy atom. The third-order valence-electron chi connectivity index (χ3n) is 4.33. The van der Waals surface area contributed by atoms with Crippen LogP contribution in [0.15, 0.2) is 29.1 Å². The van der Waals surface area contributed by atoms with Crippen molar-refractivity contribution in [2.75, 3.05) is 0 Å². The Balaban J connectivity index is 1.94. The molecule has 0 saturated heterocycles. The molecule has 1 aliphatic carbocycles. The average Bonchev–Trinajstić information content (AvgIpc) is 2.46. The van der Waals surface area contributed by atoms with E-state index in [0.29, 0.717) is 5.92 Å². The molecule has 3 nitrogen and oxygen atoms in total. The minimum atomic E-state index is 0.0360. The van der Waals surface area contributed by atoms with E-state index in [4.69, 9.17) is 0 Å². The zero-order valence-electron chi connectivity index (χ0n) is 12.1. The van der Waals surface area contributed by atoms with Crippen molar-refractivity contribution in [2.45, 2.75) is 45.4 Å². The van der Waals surface area contributed by atoms with Crippen LogP contribution in [0, 0.1) is 6.92 Å². The highest BCUT2D eigenvalue weighted by Gasteiger charge is 2.22. The zero-order chi connectivity index (χ0) is 14.1. The standard InChI is InChI=1S/C17H20N2O/c1-3-15-11(2)18-16(19-17(15)20)14-9-8-12-6-4-5-7-13(12)10-14/h4-7,14H,3,8-10H2,1-2H3,(H,18,19,20). The van der Waals surface area contributed by atoms with Gasteiger partial charge in [0.15, 0.2) is 0 Å². The van der Waals surface area contributed by atoms with Crippen LogP contribution in [0.1, 0.15) is 47.5 Å². The number of nitrogens with one attached hydrogen (secondary N) is 1. The second kappa shape index (κ2) is 5.23. The number of hydrogen-bond donors (Lipinski definition) is 1. The molecule has 1 aliphatic rings. The molecule has 0 bridgehead atoms. The molecular weight excluding hydrogens is 248 g/mol. The van der Waals surface area contributed by atoms with E-state index >= 15 is 0 Å². The summed E-state index contributed by atoms with van der Waals surface area (Å²) < 4.78 is 0. The third-order valence-corrected chi connectivity index (χ3v) is 4.33. The Morgan fingerprint density at radius 2 is 2.05 bits per heavy atom. The minimum absolute atomic E-state index is 0.0360. The SMILES string of the molecule is CCc1c(C)nc(C2CCc3ccccc3C2)[nH]c1=O. The molecule has 0 amide bonds. The summed E-state index contributed by atoms with van der Waals surface area (Å²) in [4.78, 5) is 19.7. The fraction of sp³-hybridized carbons (Fsp3) is 0.412. The first-order valence-electron chi connectivity index (χ1n) is 7.35. The molecule has 1 heterocycles. The van der Waals surface area contributed by atoms with E-state index in [-0.39, 0.29) is 5.56 Å². The number of hydrogen-bond acceptors (Lipinski definition) is 2. The van der Waals surface area contributed by atoms with Gasteiger partial charge in [-0.25, -0.2) is 4.98 Å². The molecule has 2 aromatic rings. The van der Waals surface area contributed by atoms with Gasteiger partial charge in [0, 0.05) is 17.2 Å². The number of H-pyrrole nitrogens is 1. The summed E-state index contributed by atoms with van der Waals surface area (Å²) in [6, 6.07) is 8.57. The van der Waals surface area contributed by atoms with Crippen molar-refractivity contribution in [3.8, 4) is 0 Å². The smallest absolute Gasteiger partial charge is 0.254 e. The second-order valence-corrected chi connectivity index (χ2v) is 5.58. The summed E-state index contributed by atoms with van der Waals surface area (Å²) in [7, 11) is 0. The van der Waals surface area contributed by atoms with E-state index in [0.717, 1.165) is 42.8 Å². The molecule has 3 heteroatoms. The van der Waals surface area contributed by atoms with Crippen molar-refractivity contribution in [3.63, 3.8) is 0 Å². The Labute approximate surface area is 119 Å². The summed E-state index contributed by atoms with van der Waals surface area (Å²) >= 11 is 0. The monoisotopic (exact) mass is 268 g/mol. The Hall–Kier alpha value is -1.90. The predicted octanol–water partition coefficient (Wildman–Crippen LogP) is 2.91. The van der Waals surface area contributed by atoms with Gasteiger partial charge in [0.1, 0.15) is 5.82 Å². The zero-order valence-corrected chi connectivity index (χ0v) is 12.1. The van der Waals surface area contributed by atoms with Gasteiger partial charge in [-0.3, -0.25) is 4.79 Å². The van der Waals surface area contributed by atoms with Crippen molar-refractivity contribution in [1.82, 2.24) is 9.97 Å². The van der Waals surface area contributed by atoms with Crippen molar-refractivity contribution in [2.24, 2.45) is 0 Å². The molecular formula is C17H20N2O. The molecule has 1 aromatic heterocycles. The number of rotatable bonds is 2. The second-order valence-electron chi connectivity index (χ2n) is 5.58. The highest BCUT2D eigenvalue weighted by Crippen LogP contribution is 2.30. The fourth-order valence-corrected chi connectivity index (χ4v) is 3.17. The maximum absolute atomic E-state index is 12.1. The average molecular weight is 268 g/mol. The van der Waals surface area contributed by atoms with Crippen LogP contribution in [-0.2, 0) is 19.3 Å². The van der Waals surface area contributed by atoms with Gasteiger partial charge in [-0.15, -0.1) is 0 Å². The van der Waals surface area contributed by atoms with E-state index < -0.39 is 0 Å². The quantitative estimate of drug-likeness (QED) is 0.910. The van der Waals surface area contributed by atoms with E-state index in [9.17, 15) is 4.79 Å². The summed E-state index contributed by atoms with van der Waals surface area (Å²) in [6.45, 7) is 3.93. The highest BCUT2D eigenvalue weighted by molar-refractivity contribution is 5.32. The molecule has 3 rings (SSSR count). The number of aromatic nitrogens is 2. The van der Waals surface area contributed by atoms with Crippen LogP contribution in [-0.4, -0.2) is 9.97 Å². The molecule has 1 aromatic carbocycles. The summed E-state index contributed by atoms with van der Waals surface area (Å²) in [5, 5.41) is 0. The lowest BCUT2D eigenvalue weighted by Crippen LogP contribution is -2.23. The summed E-state index contributed by atoms with van der Waals surface area (Å²) in [5.41, 5.74) is 4.56. The maximum Gasteiger partial charge on any atom is 0.254 e. The van der Waals surface area contributed by atoms with Crippen molar-refractivity contribution >= 4 is 0 Å². The van der Waals surface area contributed by atoms with Crippen LogP contribution in [0.3, 0.4) is 0 Å². The van der Waals surface area contributed by atoms with Crippen LogP contribution >= 0.6 is 0 Å². The number of benzene rings is 1. The molecule has 1 N–H and O–H groups in total. The highest BCUT2D eigenvalue weighted by atomic mass is 16.1. The van der Waals surface area contributed by atoms with E-state index in [1.165, 1.54) is 11.1 Å². The number of aryl methyl sites for hydroxylation is 2. The van der Waals surface area contributed by atoms with E-state index in [1.807, 2.05) is 13.8 Å². The molecule has 104 valence electrons. The summed E-state index contributed by atoms with van der Waals surface area (Å²) in [6.07, 6.45) is 3.84. The lowest BCUT2D eigenvalue weighted by atomic mass is 9.83. The first-order valence-corrected chi connectivity index (χ1v) is 7.35. The van der Waals surface area contributed by atoms with Crippen molar-refractivity contribution in [1.29, 1.82) is 0 Å². The van der Waals surface area contributed by atoms with Crippen LogP contribution in [0.4, 0.5) is 0 Å². The molecule has 1 unspecified atom stereocenters. The Bertz CT molecular complexity index is 688. The maximum atomic E-state index is 12.1. The number of fused-ring (bicyclic) bond motifs is 1.